The Balaban J connectivity index is 2.19. The number of nitrogens with zero attached hydrogens (tertiary/aromatic N) is 1. The second-order valence-electron chi connectivity index (χ2n) is 5.12. The molecule has 1 saturated carbocycles. The predicted molar refractivity (Wildman–Crippen MR) is 84.6 cm³/mol. The molecule has 1 aromatic rings. The molecule has 19 heavy (non-hydrogen) atoms. The molecule has 1 fully saturated rings. The molecule has 0 radical (unpaired) electrons. The van der Waals surface area contributed by atoms with Crippen LogP contribution in [0, 0.1) is 0 Å². The van der Waals surface area contributed by atoms with Crippen molar-refractivity contribution >= 4 is 27.3 Å². The second-order valence-corrected chi connectivity index (χ2v) is 7.62. The van der Waals surface area contributed by atoms with Crippen LogP contribution in [0.2, 0.25) is 0 Å². The molecule has 0 bridgehead atoms. The Kier molecular flexibility index (Phi) is 5.84. The summed E-state index contributed by atoms with van der Waals surface area (Å²) in [4.78, 5) is 3.92. The zero-order chi connectivity index (χ0) is 13.8. The summed E-state index contributed by atoms with van der Waals surface area (Å²) in [5.74, 6) is 0. The second kappa shape index (κ2) is 7.18. The van der Waals surface area contributed by atoms with Crippen molar-refractivity contribution in [3.05, 3.63) is 20.8 Å². The summed E-state index contributed by atoms with van der Waals surface area (Å²) in [6, 6.07) is 5.53. The summed E-state index contributed by atoms with van der Waals surface area (Å²) in [5, 5.41) is 0. The highest BCUT2D eigenvalue weighted by Gasteiger charge is 2.37. The molecule has 108 valence electrons. The molecule has 0 aromatic carbocycles. The number of ether oxygens (including phenoxy) is 1. The fourth-order valence-electron chi connectivity index (χ4n) is 2.48. The maximum absolute atomic E-state index is 6.41. The molecule has 2 rings (SSSR count). The first-order chi connectivity index (χ1) is 9.17. The lowest BCUT2D eigenvalue weighted by molar-refractivity contribution is 0.102. The van der Waals surface area contributed by atoms with Gasteiger partial charge in [-0.05, 0) is 47.3 Å². The predicted octanol–water partition coefficient (Wildman–Crippen LogP) is 3.40. The standard InChI is InChI=1S/C14H23BrN2OS/c1-3-11(16)14(12-6-7-13(15)19-12)17(8-9-18-2)10-4-5-10/h6-7,10-11,14H,3-5,8-9,16H2,1-2H3. The highest BCUT2D eigenvalue weighted by atomic mass is 79.9. The summed E-state index contributed by atoms with van der Waals surface area (Å²) in [6.45, 7) is 3.91. The number of hydrogen-bond donors (Lipinski definition) is 1. The van der Waals surface area contributed by atoms with Crippen LogP contribution in [0.25, 0.3) is 0 Å². The zero-order valence-corrected chi connectivity index (χ0v) is 14.0. The molecule has 1 aliphatic rings. The third-order valence-corrected chi connectivity index (χ3v) is 5.38. The van der Waals surface area contributed by atoms with E-state index in [0.717, 1.165) is 19.6 Å². The van der Waals surface area contributed by atoms with E-state index in [1.807, 2.05) is 0 Å². The van der Waals surface area contributed by atoms with Crippen molar-refractivity contribution in [1.82, 2.24) is 4.90 Å². The Hall–Kier alpha value is 0.0600. The first kappa shape index (κ1) is 15.4. The highest BCUT2D eigenvalue weighted by molar-refractivity contribution is 9.11. The monoisotopic (exact) mass is 346 g/mol. The third kappa shape index (κ3) is 4.02. The average molecular weight is 347 g/mol. The van der Waals surface area contributed by atoms with Gasteiger partial charge in [-0.1, -0.05) is 6.92 Å². The number of rotatable bonds is 8. The van der Waals surface area contributed by atoms with Crippen LogP contribution in [0.15, 0.2) is 15.9 Å². The highest BCUT2D eigenvalue weighted by Crippen LogP contribution is 2.39. The van der Waals surface area contributed by atoms with Crippen LogP contribution >= 0.6 is 27.3 Å². The van der Waals surface area contributed by atoms with Gasteiger partial charge in [-0.15, -0.1) is 11.3 Å². The molecule has 2 N–H and O–H groups in total. The number of hydrogen-bond acceptors (Lipinski definition) is 4. The van der Waals surface area contributed by atoms with Crippen LogP contribution < -0.4 is 5.73 Å². The molecule has 2 unspecified atom stereocenters. The van der Waals surface area contributed by atoms with Crippen LogP contribution in [-0.2, 0) is 4.74 Å². The van der Waals surface area contributed by atoms with E-state index in [2.05, 4.69) is 39.9 Å². The summed E-state index contributed by atoms with van der Waals surface area (Å²) in [6.07, 6.45) is 3.59. The summed E-state index contributed by atoms with van der Waals surface area (Å²) >= 11 is 5.36. The van der Waals surface area contributed by atoms with Crippen molar-refractivity contribution in [1.29, 1.82) is 0 Å². The molecule has 1 aromatic heterocycles. The minimum Gasteiger partial charge on any atom is -0.383 e. The Morgan fingerprint density at radius 3 is 2.74 bits per heavy atom. The van der Waals surface area contributed by atoms with Crippen molar-refractivity contribution in [2.75, 3.05) is 20.3 Å². The molecule has 1 aliphatic carbocycles. The normalized spacial score (nSPS) is 18.8. The van der Waals surface area contributed by atoms with Crippen LogP contribution in [0.3, 0.4) is 0 Å². The lowest BCUT2D eigenvalue weighted by Gasteiger charge is -2.34. The van der Waals surface area contributed by atoms with Gasteiger partial charge >= 0.3 is 0 Å². The minimum atomic E-state index is 0.183. The largest absolute Gasteiger partial charge is 0.383 e. The molecule has 2 atom stereocenters. The van der Waals surface area contributed by atoms with Gasteiger partial charge in [-0.3, -0.25) is 4.90 Å². The zero-order valence-electron chi connectivity index (χ0n) is 11.6. The van der Waals surface area contributed by atoms with Gasteiger partial charge in [0.05, 0.1) is 16.4 Å². The number of thiophene rings is 1. The van der Waals surface area contributed by atoms with E-state index in [-0.39, 0.29) is 6.04 Å². The fourth-order valence-corrected chi connectivity index (χ4v) is 4.10. The summed E-state index contributed by atoms with van der Waals surface area (Å²) in [5.41, 5.74) is 6.41. The molecular formula is C14H23BrN2OS. The lowest BCUT2D eigenvalue weighted by atomic mass is 10.0. The Labute approximate surface area is 128 Å². The summed E-state index contributed by atoms with van der Waals surface area (Å²) in [7, 11) is 1.77. The van der Waals surface area contributed by atoms with E-state index in [9.17, 15) is 0 Å². The van der Waals surface area contributed by atoms with E-state index >= 15 is 0 Å². The van der Waals surface area contributed by atoms with E-state index in [4.69, 9.17) is 10.5 Å². The van der Waals surface area contributed by atoms with Gasteiger partial charge < -0.3 is 10.5 Å². The van der Waals surface area contributed by atoms with Gasteiger partial charge in [0.15, 0.2) is 0 Å². The molecule has 5 heteroatoms. The van der Waals surface area contributed by atoms with Gasteiger partial charge in [-0.2, -0.15) is 0 Å². The fraction of sp³-hybridized carbons (Fsp3) is 0.714. The maximum Gasteiger partial charge on any atom is 0.0702 e. The third-order valence-electron chi connectivity index (χ3n) is 3.69. The lowest BCUT2D eigenvalue weighted by Crippen LogP contribution is -2.43. The van der Waals surface area contributed by atoms with Gasteiger partial charge in [-0.25, -0.2) is 0 Å². The van der Waals surface area contributed by atoms with Gasteiger partial charge in [0.2, 0.25) is 0 Å². The van der Waals surface area contributed by atoms with E-state index < -0.39 is 0 Å². The molecule has 0 spiro atoms. The van der Waals surface area contributed by atoms with Crippen molar-refractivity contribution in [2.24, 2.45) is 5.73 Å². The van der Waals surface area contributed by atoms with Crippen LogP contribution in [0.4, 0.5) is 0 Å². The Bertz CT molecular complexity index is 395. The van der Waals surface area contributed by atoms with Crippen LogP contribution in [-0.4, -0.2) is 37.2 Å². The van der Waals surface area contributed by atoms with Crippen molar-refractivity contribution in [2.45, 2.75) is 44.3 Å². The van der Waals surface area contributed by atoms with Crippen molar-refractivity contribution < 1.29 is 4.74 Å². The van der Waals surface area contributed by atoms with Crippen molar-refractivity contribution in [3.63, 3.8) is 0 Å². The molecule has 3 nitrogen and oxygen atoms in total. The molecule has 1 heterocycles. The SMILES string of the molecule is CCC(N)C(c1ccc(Br)s1)N(CCOC)C1CC1. The number of halogens is 1. The Morgan fingerprint density at radius 1 is 1.53 bits per heavy atom. The maximum atomic E-state index is 6.41. The first-order valence-electron chi connectivity index (χ1n) is 6.92. The van der Waals surface area contributed by atoms with Gasteiger partial charge in [0, 0.05) is 30.6 Å². The van der Waals surface area contributed by atoms with Crippen molar-refractivity contribution in [3.8, 4) is 0 Å². The van der Waals surface area contributed by atoms with E-state index in [1.54, 1.807) is 18.4 Å². The van der Waals surface area contributed by atoms with Gasteiger partial charge in [0.1, 0.15) is 0 Å². The minimum absolute atomic E-state index is 0.183. The molecule has 0 saturated heterocycles. The molecule has 0 amide bonds. The average Bonchev–Trinajstić information content (AvgIpc) is 3.16. The van der Waals surface area contributed by atoms with Crippen LogP contribution in [0.5, 0.6) is 0 Å². The van der Waals surface area contributed by atoms with E-state index in [1.165, 1.54) is 21.5 Å². The number of nitrogens with two attached hydrogens (primary N) is 1. The smallest absolute Gasteiger partial charge is 0.0702 e. The first-order valence-corrected chi connectivity index (χ1v) is 8.53. The quantitative estimate of drug-likeness (QED) is 0.783. The Morgan fingerprint density at radius 2 is 2.26 bits per heavy atom. The number of methoxy groups -OCH3 is 1. The summed E-state index contributed by atoms with van der Waals surface area (Å²) < 4.78 is 6.45. The van der Waals surface area contributed by atoms with E-state index in [0.29, 0.717) is 12.1 Å². The molecule has 0 aliphatic heterocycles. The molecular weight excluding hydrogens is 324 g/mol. The van der Waals surface area contributed by atoms with Crippen LogP contribution in [0.1, 0.15) is 37.1 Å². The topological polar surface area (TPSA) is 38.5 Å². The van der Waals surface area contributed by atoms with Gasteiger partial charge in [0.25, 0.3) is 0 Å².